The molecule has 0 fully saturated rings. The van der Waals surface area contributed by atoms with E-state index in [-0.39, 0.29) is 12.4 Å². The van der Waals surface area contributed by atoms with E-state index in [4.69, 9.17) is 4.42 Å². The van der Waals surface area contributed by atoms with Crippen LogP contribution >= 0.6 is 11.8 Å². The van der Waals surface area contributed by atoms with Crippen molar-refractivity contribution in [3.8, 4) is 11.5 Å². The highest BCUT2D eigenvalue weighted by Gasteiger charge is 2.13. The molecule has 2 heterocycles. The smallest absolute Gasteiger partial charge is 0.226 e. The zero-order valence-corrected chi connectivity index (χ0v) is 14.0. The van der Waals surface area contributed by atoms with Crippen molar-refractivity contribution in [3.05, 3.63) is 47.9 Å². The molecule has 0 radical (unpaired) electrons. The fourth-order valence-corrected chi connectivity index (χ4v) is 3.09. The molecule has 0 aliphatic carbocycles. The summed E-state index contributed by atoms with van der Waals surface area (Å²) >= 11 is 1.48. The third-order valence-corrected chi connectivity index (χ3v) is 4.37. The fourth-order valence-electron chi connectivity index (χ4n) is 2.23. The maximum Gasteiger partial charge on any atom is 0.226 e. The number of hydrogen-bond acceptors (Lipinski definition) is 6. The van der Waals surface area contributed by atoms with E-state index in [2.05, 4.69) is 22.1 Å². The van der Waals surface area contributed by atoms with Gasteiger partial charge in [0.15, 0.2) is 11.0 Å². The highest BCUT2D eigenvalue weighted by atomic mass is 32.2. The number of halogens is 1. The van der Waals surface area contributed by atoms with Gasteiger partial charge >= 0.3 is 0 Å². The molecule has 0 atom stereocenters. The summed E-state index contributed by atoms with van der Waals surface area (Å²) in [5.41, 5.74) is 1.49. The van der Waals surface area contributed by atoms with Crippen LogP contribution in [0.5, 0.6) is 0 Å². The minimum absolute atomic E-state index is 0.133. The highest BCUT2D eigenvalue weighted by molar-refractivity contribution is 7.98. The molecule has 0 amide bonds. The Kier molecular flexibility index (Phi) is 5.27. The van der Waals surface area contributed by atoms with Crippen LogP contribution in [0.1, 0.15) is 24.9 Å². The van der Waals surface area contributed by atoms with Gasteiger partial charge in [-0.25, -0.2) is 9.37 Å². The van der Waals surface area contributed by atoms with E-state index in [0.29, 0.717) is 17.5 Å². The second-order valence-electron chi connectivity index (χ2n) is 5.15. The second-order valence-corrected chi connectivity index (χ2v) is 6.09. The average molecular weight is 348 g/mol. The Morgan fingerprint density at radius 1 is 1.25 bits per heavy atom. The van der Waals surface area contributed by atoms with Gasteiger partial charge < -0.3 is 14.1 Å². The van der Waals surface area contributed by atoms with Crippen molar-refractivity contribution >= 4 is 11.8 Å². The predicted octanol–water partition coefficient (Wildman–Crippen LogP) is 3.27. The van der Waals surface area contributed by atoms with Crippen molar-refractivity contribution in [2.45, 2.75) is 37.4 Å². The summed E-state index contributed by atoms with van der Waals surface area (Å²) in [7, 11) is 0. The quantitative estimate of drug-likeness (QED) is 0.660. The van der Waals surface area contributed by atoms with Gasteiger partial charge in [0.05, 0.1) is 5.69 Å². The van der Waals surface area contributed by atoms with E-state index >= 15 is 0 Å². The Hall–Kier alpha value is -2.19. The van der Waals surface area contributed by atoms with Gasteiger partial charge in [-0.15, -0.1) is 10.2 Å². The zero-order chi connectivity index (χ0) is 16.9. The van der Waals surface area contributed by atoms with Crippen LogP contribution in [0, 0.1) is 5.82 Å². The number of aliphatic hydroxyl groups excluding tert-OH is 1. The van der Waals surface area contributed by atoms with E-state index in [1.54, 1.807) is 18.4 Å². The monoisotopic (exact) mass is 348 g/mol. The number of oxazole rings is 1. The Morgan fingerprint density at radius 3 is 2.75 bits per heavy atom. The number of thioether (sulfide) groups is 1. The van der Waals surface area contributed by atoms with Crippen molar-refractivity contribution in [2.24, 2.45) is 0 Å². The largest absolute Gasteiger partial charge is 0.444 e. The lowest BCUT2D eigenvalue weighted by Crippen LogP contribution is -2.04. The third-order valence-electron chi connectivity index (χ3n) is 3.37. The molecule has 0 aliphatic rings. The van der Waals surface area contributed by atoms with Crippen molar-refractivity contribution in [1.29, 1.82) is 0 Å². The standard InChI is InChI=1S/C16H17FN4O2S/c1-2-7-21-14(8-22)19-20-16(21)24-10-13-9-23-15(18-13)11-3-5-12(17)6-4-11/h3-6,9,22H,2,7-8,10H2,1H3. The van der Waals surface area contributed by atoms with Crippen molar-refractivity contribution < 1.29 is 13.9 Å². The molecule has 6 nitrogen and oxygen atoms in total. The number of hydrogen-bond donors (Lipinski definition) is 1. The number of aliphatic hydroxyl groups is 1. The predicted molar refractivity (Wildman–Crippen MR) is 87.7 cm³/mol. The molecule has 0 bridgehead atoms. The van der Waals surface area contributed by atoms with Gasteiger partial charge in [0, 0.05) is 17.9 Å². The van der Waals surface area contributed by atoms with Crippen LogP contribution in [0.3, 0.4) is 0 Å². The molecule has 0 saturated carbocycles. The van der Waals surface area contributed by atoms with Crippen LogP contribution in [0.4, 0.5) is 4.39 Å². The molecule has 1 N–H and O–H groups in total. The van der Waals surface area contributed by atoms with Crippen LogP contribution in [0.25, 0.3) is 11.5 Å². The molecule has 0 aliphatic heterocycles. The van der Waals surface area contributed by atoms with E-state index in [1.165, 1.54) is 23.9 Å². The summed E-state index contributed by atoms with van der Waals surface area (Å²) in [5, 5.41) is 18.1. The maximum absolute atomic E-state index is 13.0. The lowest BCUT2D eigenvalue weighted by molar-refractivity contribution is 0.263. The fraction of sp³-hybridized carbons (Fsp3) is 0.312. The zero-order valence-electron chi connectivity index (χ0n) is 13.1. The molecule has 3 rings (SSSR count). The van der Waals surface area contributed by atoms with Crippen LogP contribution in [0.15, 0.2) is 40.1 Å². The molecule has 126 valence electrons. The molecule has 1 aromatic carbocycles. The maximum atomic E-state index is 13.0. The first-order valence-electron chi connectivity index (χ1n) is 7.57. The lowest BCUT2D eigenvalue weighted by Gasteiger charge is -2.06. The van der Waals surface area contributed by atoms with Crippen LogP contribution in [-0.4, -0.2) is 24.9 Å². The molecule has 24 heavy (non-hydrogen) atoms. The molecule has 0 saturated heterocycles. The van der Waals surface area contributed by atoms with Crippen LogP contribution in [-0.2, 0) is 18.9 Å². The Labute approximate surface area is 142 Å². The first kappa shape index (κ1) is 16.7. The minimum atomic E-state index is -0.295. The molecule has 3 aromatic rings. The highest BCUT2D eigenvalue weighted by Crippen LogP contribution is 2.25. The summed E-state index contributed by atoms with van der Waals surface area (Å²) in [6, 6.07) is 6.00. The summed E-state index contributed by atoms with van der Waals surface area (Å²) < 4.78 is 20.3. The van der Waals surface area contributed by atoms with Crippen molar-refractivity contribution in [1.82, 2.24) is 19.7 Å². The van der Waals surface area contributed by atoms with E-state index in [1.807, 2.05) is 4.57 Å². The Balaban J connectivity index is 1.70. The Morgan fingerprint density at radius 2 is 2.04 bits per heavy atom. The van der Waals surface area contributed by atoms with Crippen molar-refractivity contribution in [3.63, 3.8) is 0 Å². The summed E-state index contributed by atoms with van der Waals surface area (Å²) in [5.74, 6) is 1.29. The number of nitrogens with zero attached hydrogens (tertiary/aromatic N) is 4. The molecular weight excluding hydrogens is 331 g/mol. The van der Waals surface area contributed by atoms with Gasteiger partial charge in [0.25, 0.3) is 0 Å². The van der Waals surface area contributed by atoms with Crippen molar-refractivity contribution in [2.75, 3.05) is 0 Å². The van der Waals surface area contributed by atoms with E-state index < -0.39 is 0 Å². The first-order valence-corrected chi connectivity index (χ1v) is 8.56. The molecule has 8 heteroatoms. The topological polar surface area (TPSA) is 77.0 Å². The summed E-state index contributed by atoms with van der Waals surface area (Å²) in [6.45, 7) is 2.68. The third kappa shape index (κ3) is 3.65. The van der Waals surface area contributed by atoms with E-state index in [0.717, 1.165) is 29.4 Å². The van der Waals surface area contributed by atoms with Crippen LogP contribution < -0.4 is 0 Å². The SMILES string of the molecule is CCCn1c(CO)nnc1SCc1coc(-c2ccc(F)cc2)n1. The van der Waals surface area contributed by atoms with Crippen LogP contribution in [0.2, 0.25) is 0 Å². The van der Waals surface area contributed by atoms with Gasteiger partial charge in [-0.2, -0.15) is 0 Å². The average Bonchev–Trinajstić information content (AvgIpc) is 3.21. The van der Waals surface area contributed by atoms with E-state index in [9.17, 15) is 9.50 Å². The number of benzene rings is 1. The summed E-state index contributed by atoms with van der Waals surface area (Å²) in [6.07, 6.45) is 2.51. The Bertz CT molecular complexity index is 801. The number of rotatable bonds is 7. The van der Waals surface area contributed by atoms with Gasteiger partial charge in [-0.3, -0.25) is 0 Å². The molecule has 0 spiro atoms. The minimum Gasteiger partial charge on any atom is -0.444 e. The van der Waals surface area contributed by atoms with Gasteiger partial charge in [-0.1, -0.05) is 18.7 Å². The molecule has 0 unspecified atom stereocenters. The number of aromatic nitrogens is 4. The molecular formula is C16H17FN4O2S. The first-order chi connectivity index (χ1) is 11.7. The van der Waals surface area contributed by atoms with Gasteiger partial charge in [0.2, 0.25) is 5.89 Å². The second kappa shape index (κ2) is 7.59. The van der Waals surface area contributed by atoms with Gasteiger partial charge in [-0.05, 0) is 30.7 Å². The molecule has 2 aromatic heterocycles. The normalized spacial score (nSPS) is 11.1. The van der Waals surface area contributed by atoms with Gasteiger partial charge in [0.1, 0.15) is 18.7 Å². The lowest BCUT2D eigenvalue weighted by atomic mass is 10.2. The summed E-state index contributed by atoms with van der Waals surface area (Å²) in [4.78, 5) is 4.41.